The molecule has 6 nitrogen and oxygen atoms in total. The third-order valence-corrected chi connectivity index (χ3v) is 3.85. The number of rotatable bonds is 1. The molecular weight excluding hydrogens is 292 g/mol. The maximum absolute atomic E-state index is 12.5. The molecule has 0 amide bonds. The lowest BCUT2D eigenvalue weighted by Gasteiger charge is -2.03. The Morgan fingerprint density at radius 2 is 1.70 bits per heavy atom. The average molecular weight is 304 g/mol. The van der Waals surface area contributed by atoms with Crippen LogP contribution in [0, 0.1) is 0 Å². The number of para-hydroxylation sites is 1. The molecule has 0 radical (unpaired) electrons. The van der Waals surface area contributed by atoms with Gasteiger partial charge in [0, 0.05) is 18.0 Å². The lowest BCUT2D eigenvalue weighted by atomic mass is 10.2. The highest BCUT2D eigenvalue weighted by molar-refractivity contribution is 6.04. The number of aromatic nitrogens is 4. The van der Waals surface area contributed by atoms with Gasteiger partial charge in [0.25, 0.3) is 5.91 Å². The smallest absolute Gasteiger partial charge is 0.327 e. The van der Waals surface area contributed by atoms with Gasteiger partial charge in [-0.3, -0.25) is 4.79 Å². The molecule has 0 aliphatic heterocycles. The van der Waals surface area contributed by atoms with E-state index in [1.807, 2.05) is 31.3 Å². The van der Waals surface area contributed by atoms with Crippen LogP contribution in [0.4, 0.5) is 0 Å². The highest BCUT2D eigenvalue weighted by Gasteiger charge is 2.17. The molecule has 2 aromatic carbocycles. The molecule has 4 aromatic rings. The zero-order chi connectivity index (χ0) is 16.0. The lowest BCUT2D eigenvalue weighted by molar-refractivity contribution is 0.0938. The molecule has 0 saturated carbocycles. The van der Waals surface area contributed by atoms with Gasteiger partial charge in [-0.1, -0.05) is 36.4 Å². The zero-order valence-corrected chi connectivity index (χ0v) is 12.3. The highest BCUT2D eigenvalue weighted by Crippen LogP contribution is 2.23. The van der Waals surface area contributed by atoms with Crippen molar-refractivity contribution in [1.29, 1.82) is 0 Å². The van der Waals surface area contributed by atoms with Crippen LogP contribution < -0.4 is 5.69 Å². The highest BCUT2D eigenvalue weighted by atomic mass is 16.2. The molecular formula is C17H12N4O2. The predicted molar refractivity (Wildman–Crippen MR) is 86.4 cm³/mol. The fourth-order valence-corrected chi connectivity index (χ4v) is 2.70. The number of benzene rings is 2. The monoisotopic (exact) mass is 304 g/mol. The first-order valence-corrected chi connectivity index (χ1v) is 7.11. The van der Waals surface area contributed by atoms with Crippen molar-refractivity contribution in [2.45, 2.75) is 0 Å². The van der Waals surface area contributed by atoms with Crippen molar-refractivity contribution in [3.63, 3.8) is 0 Å². The summed E-state index contributed by atoms with van der Waals surface area (Å²) in [4.78, 5) is 28.8. The number of fused-ring (bicyclic) bond motifs is 3. The lowest BCUT2D eigenvalue weighted by Crippen LogP contribution is -2.31. The number of carbonyl (C=O) groups is 1. The summed E-state index contributed by atoms with van der Waals surface area (Å²) >= 11 is 0. The van der Waals surface area contributed by atoms with Crippen molar-refractivity contribution in [3.05, 3.63) is 70.6 Å². The van der Waals surface area contributed by atoms with Gasteiger partial charge < -0.3 is 4.57 Å². The van der Waals surface area contributed by atoms with E-state index in [1.54, 1.807) is 34.9 Å². The van der Waals surface area contributed by atoms with Crippen LogP contribution in [-0.2, 0) is 7.05 Å². The minimum absolute atomic E-state index is 0.392. The van der Waals surface area contributed by atoms with Gasteiger partial charge >= 0.3 is 5.69 Å². The number of aryl methyl sites for hydroxylation is 1. The van der Waals surface area contributed by atoms with E-state index in [4.69, 9.17) is 0 Å². The van der Waals surface area contributed by atoms with Crippen LogP contribution in [0.3, 0.4) is 0 Å². The van der Waals surface area contributed by atoms with Crippen LogP contribution in [0.2, 0.25) is 0 Å². The third-order valence-electron chi connectivity index (χ3n) is 3.85. The number of nitrogens with zero attached hydrogens (tertiary/aromatic N) is 4. The second kappa shape index (κ2) is 4.88. The molecule has 6 heteroatoms. The maximum Gasteiger partial charge on any atom is 0.373 e. The van der Waals surface area contributed by atoms with Crippen LogP contribution in [0.15, 0.2) is 59.4 Å². The Hall–Kier alpha value is -3.28. The van der Waals surface area contributed by atoms with Crippen molar-refractivity contribution >= 4 is 28.0 Å². The first kappa shape index (κ1) is 13.4. The second-order valence-corrected chi connectivity index (χ2v) is 5.23. The zero-order valence-electron chi connectivity index (χ0n) is 12.3. The van der Waals surface area contributed by atoms with Crippen LogP contribution in [0.25, 0.3) is 22.1 Å². The van der Waals surface area contributed by atoms with E-state index in [1.165, 1.54) is 0 Å². The van der Waals surface area contributed by atoms with Crippen LogP contribution in [0.1, 0.15) is 10.4 Å². The Labute approximate surface area is 130 Å². The predicted octanol–water partition coefficient (Wildman–Crippen LogP) is 1.97. The van der Waals surface area contributed by atoms with Gasteiger partial charge in [0.05, 0.1) is 5.52 Å². The van der Waals surface area contributed by atoms with Gasteiger partial charge in [0.2, 0.25) is 0 Å². The Morgan fingerprint density at radius 3 is 2.48 bits per heavy atom. The fraction of sp³-hybridized carbons (Fsp3) is 0.0588. The molecule has 112 valence electrons. The molecule has 0 spiro atoms. The molecule has 23 heavy (non-hydrogen) atoms. The number of hydrogen-bond donors (Lipinski definition) is 0. The Morgan fingerprint density at radius 1 is 1.00 bits per heavy atom. The second-order valence-electron chi connectivity index (χ2n) is 5.23. The van der Waals surface area contributed by atoms with Gasteiger partial charge in [-0.05, 0) is 18.2 Å². The molecule has 0 bridgehead atoms. The summed E-state index contributed by atoms with van der Waals surface area (Å²) in [5.74, 6) is -0.488. The summed E-state index contributed by atoms with van der Waals surface area (Å²) < 4.78 is 2.63. The van der Waals surface area contributed by atoms with Crippen LogP contribution >= 0.6 is 0 Å². The van der Waals surface area contributed by atoms with E-state index in [-0.39, 0.29) is 0 Å². The van der Waals surface area contributed by atoms with E-state index in [9.17, 15) is 9.59 Å². The standard InChI is InChI=1S/C17H12N4O2/c1-20-13-10-6-5-9-12(13)14-15(20)18-17(23)21(19-14)16(22)11-7-3-2-4-8-11/h2-10H,1H3. The fourth-order valence-electron chi connectivity index (χ4n) is 2.70. The first-order valence-electron chi connectivity index (χ1n) is 7.11. The normalized spacial score (nSPS) is 11.2. The summed E-state index contributed by atoms with van der Waals surface area (Å²) in [5, 5.41) is 5.13. The van der Waals surface area contributed by atoms with Gasteiger partial charge in [-0.25, -0.2) is 4.79 Å². The number of hydrogen-bond acceptors (Lipinski definition) is 4. The minimum atomic E-state index is -0.683. The van der Waals surface area contributed by atoms with E-state index < -0.39 is 11.6 Å². The molecule has 0 N–H and O–H groups in total. The SMILES string of the molecule is Cn1c2ccccc2c2nn(C(=O)c3ccccc3)c(=O)nc21. The van der Waals surface area contributed by atoms with Gasteiger partial charge in [-0.2, -0.15) is 10.1 Å². The Bertz CT molecular complexity index is 1110. The summed E-state index contributed by atoms with van der Waals surface area (Å²) in [5.41, 5.74) is 1.62. The minimum Gasteiger partial charge on any atom is -0.327 e. The van der Waals surface area contributed by atoms with Crippen molar-refractivity contribution in [2.24, 2.45) is 7.05 Å². The van der Waals surface area contributed by atoms with E-state index in [0.717, 1.165) is 15.6 Å². The van der Waals surface area contributed by atoms with Gasteiger partial charge in [0.1, 0.15) is 5.52 Å². The first-order chi connectivity index (χ1) is 11.2. The Kier molecular flexibility index (Phi) is 2.84. The van der Waals surface area contributed by atoms with Crippen LogP contribution in [0.5, 0.6) is 0 Å². The summed E-state index contributed by atoms with van der Waals surface area (Å²) in [7, 11) is 1.82. The van der Waals surface area contributed by atoms with Crippen LogP contribution in [-0.4, -0.2) is 25.2 Å². The summed E-state index contributed by atoms with van der Waals surface area (Å²) in [6.07, 6.45) is 0. The summed E-state index contributed by atoms with van der Waals surface area (Å²) in [6, 6.07) is 16.2. The van der Waals surface area contributed by atoms with Crippen molar-refractivity contribution < 1.29 is 4.79 Å². The average Bonchev–Trinajstić information content (AvgIpc) is 2.87. The van der Waals surface area contributed by atoms with Gasteiger partial charge in [0.15, 0.2) is 5.65 Å². The van der Waals surface area contributed by atoms with Gasteiger partial charge in [-0.15, -0.1) is 4.68 Å². The van der Waals surface area contributed by atoms with Crippen molar-refractivity contribution in [2.75, 3.05) is 0 Å². The Balaban J connectivity index is 2.02. The van der Waals surface area contributed by atoms with Crippen molar-refractivity contribution in [1.82, 2.24) is 19.3 Å². The molecule has 0 aliphatic rings. The summed E-state index contributed by atoms with van der Waals surface area (Å²) in [6.45, 7) is 0. The van der Waals surface area contributed by atoms with E-state index in [2.05, 4.69) is 10.1 Å². The number of carbonyl (C=O) groups excluding carboxylic acids is 1. The van der Waals surface area contributed by atoms with E-state index in [0.29, 0.717) is 16.7 Å². The molecule has 0 saturated heterocycles. The molecule has 2 aromatic heterocycles. The molecule has 0 fully saturated rings. The molecule has 4 rings (SSSR count). The molecule has 0 unspecified atom stereocenters. The van der Waals surface area contributed by atoms with Crippen molar-refractivity contribution in [3.8, 4) is 0 Å². The molecule has 0 aliphatic carbocycles. The topological polar surface area (TPSA) is 69.8 Å². The maximum atomic E-state index is 12.5. The quantitative estimate of drug-likeness (QED) is 0.539. The largest absolute Gasteiger partial charge is 0.373 e. The third kappa shape index (κ3) is 1.96. The molecule has 0 atom stereocenters. The van der Waals surface area contributed by atoms with E-state index >= 15 is 0 Å². The molecule has 2 heterocycles.